The Kier molecular flexibility index (Phi) is 4.39. The molecule has 2 aliphatic rings. The zero-order valence-corrected chi connectivity index (χ0v) is 14.5. The molecule has 1 fully saturated rings. The van der Waals surface area contributed by atoms with Crippen LogP contribution in [-0.2, 0) is 9.84 Å². The Labute approximate surface area is 137 Å². The van der Waals surface area contributed by atoms with E-state index in [0.717, 1.165) is 22.9 Å². The normalized spacial score (nSPS) is 25.3. The lowest BCUT2D eigenvalue weighted by Gasteiger charge is -2.28. The average Bonchev–Trinajstić information content (AvgIpc) is 2.45. The fourth-order valence-corrected chi connectivity index (χ4v) is 6.22. The van der Waals surface area contributed by atoms with E-state index >= 15 is 0 Å². The van der Waals surface area contributed by atoms with Crippen LogP contribution < -0.4 is 9.47 Å². The van der Waals surface area contributed by atoms with E-state index in [9.17, 15) is 8.42 Å². The number of fused-ring (bicyclic) bond motifs is 1. The third-order valence-corrected chi connectivity index (χ3v) is 7.58. The number of sulfone groups is 1. The molecule has 3 rings (SSSR count). The molecule has 4 nitrogen and oxygen atoms in total. The van der Waals surface area contributed by atoms with Crippen molar-refractivity contribution in [2.45, 2.75) is 29.9 Å². The van der Waals surface area contributed by atoms with Gasteiger partial charge in [-0.2, -0.15) is 0 Å². The number of hydrogen-bond donors (Lipinski definition) is 0. The van der Waals surface area contributed by atoms with Gasteiger partial charge in [-0.1, -0.05) is 22.4 Å². The summed E-state index contributed by atoms with van der Waals surface area (Å²) in [4.78, 5) is 0. The summed E-state index contributed by atoms with van der Waals surface area (Å²) in [6.45, 7) is 1.00. The quantitative estimate of drug-likeness (QED) is 0.720. The predicted molar refractivity (Wildman–Crippen MR) is 85.2 cm³/mol. The first-order valence-corrected chi connectivity index (χ1v) is 9.88. The standard InChI is InChI=1S/C14H16BrClO4S/c15-10-8-12-11(19-4-5-20-12)7-9(10)14(16)13-3-1-2-6-21(13,17)18/h7-8,13-14H,1-6H2. The number of ether oxygens (including phenoxy) is 2. The molecule has 2 heterocycles. The van der Waals surface area contributed by atoms with Crippen molar-refractivity contribution < 1.29 is 17.9 Å². The topological polar surface area (TPSA) is 52.6 Å². The molecule has 0 radical (unpaired) electrons. The second-order valence-electron chi connectivity index (χ2n) is 5.32. The summed E-state index contributed by atoms with van der Waals surface area (Å²) in [5.74, 6) is 1.51. The highest BCUT2D eigenvalue weighted by molar-refractivity contribution is 9.10. The van der Waals surface area contributed by atoms with Crippen LogP contribution in [0.4, 0.5) is 0 Å². The van der Waals surface area contributed by atoms with Gasteiger partial charge in [-0.15, -0.1) is 11.6 Å². The maximum absolute atomic E-state index is 12.2. The Balaban J connectivity index is 1.95. The third kappa shape index (κ3) is 3.03. The molecule has 7 heteroatoms. The smallest absolute Gasteiger partial charge is 0.162 e. The third-order valence-electron chi connectivity index (χ3n) is 3.91. The maximum Gasteiger partial charge on any atom is 0.162 e. The fraction of sp³-hybridized carbons (Fsp3) is 0.571. The van der Waals surface area contributed by atoms with Gasteiger partial charge in [0.1, 0.15) is 13.2 Å². The molecular weight excluding hydrogens is 380 g/mol. The SMILES string of the molecule is O=S1(=O)CCCCC1C(Cl)c1cc2c(cc1Br)OCCO2. The lowest BCUT2D eigenvalue weighted by atomic mass is 10.0. The summed E-state index contributed by atoms with van der Waals surface area (Å²) in [5, 5.41) is -1.12. The molecule has 2 unspecified atom stereocenters. The number of benzene rings is 1. The summed E-state index contributed by atoms with van der Waals surface area (Å²) in [7, 11) is -3.13. The van der Waals surface area contributed by atoms with Crippen LogP contribution in [0, 0.1) is 0 Å². The van der Waals surface area contributed by atoms with Crippen LogP contribution in [0.3, 0.4) is 0 Å². The number of halogens is 2. The van der Waals surface area contributed by atoms with Crippen LogP contribution >= 0.6 is 27.5 Å². The summed E-state index contributed by atoms with van der Waals surface area (Å²) in [6, 6.07) is 3.59. The van der Waals surface area contributed by atoms with Crippen LogP contribution in [-0.4, -0.2) is 32.6 Å². The zero-order valence-electron chi connectivity index (χ0n) is 11.3. The van der Waals surface area contributed by atoms with Crippen molar-refractivity contribution in [3.05, 3.63) is 22.2 Å². The van der Waals surface area contributed by atoms with E-state index in [0.29, 0.717) is 31.1 Å². The Morgan fingerprint density at radius 1 is 1.19 bits per heavy atom. The second kappa shape index (κ2) is 5.97. The lowest BCUT2D eigenvalue weighted by molar-refractivity contribution is 0.171. The average molecular weight is 396 g/mol. The number of alkyl halides is 1. The zero-order chi connectivity index (χ0) is 15.0. The van der Waals surface area contributed by atoms with Crippen molar-refractivity contribution in [2.24, 2.45) is 0 Å². The molecule has 1 aromatic rings. The molecule has 0 N–H and O–H groups in total. The summed E-state index contributed by atoms with van der Waals surface area (Å²) in [5.41, 5.74) is 0.747. The Morgan fingerprint density at radius 3 is 2.52 bits per heavy atom. The first-order chi connectivity index (χ1) is 9.99. The highest BCUT2D eigenvalue weighted by Gasteiger charge is 2.36. The van der Waals surface area contributed by atoms with E-state index in [-0.39, 0.29) is 5.75 Å². The molecule has 0 bridgehead atoms. The molecule has 0 amide bonds. The molecule has 0 saturated carbocycles. The van der Waals surface area contributed by atoms with Gasteiger partial charge in [-0.25, -0.2) is 8.42 Å². The van der Waals surface area contributed by atoms with Gasteiger partial charge in [0, 0.05) is 4.47 Å². The molecule has 21 heavy (non-hydrogen) atoms. The molecule has 0 aliphatic carbocycles. The van der Waals surface area contributed by atoms with Gasteiger partial charge in [0.15, 0.2) is 21.3 Å². The molecule has 1 saturated heterocycles. The lowest BCUT2D eigenvalue weighted by Crippen LogP contribution is -2.32. The van der Waals surface area contributed by atoms with Gasteiger partial charge in [-0.3, -0.25) is 0 Å². The Morgan fingerprint density at radius 2 is 1.86 bits per heavy atom. The second-order valence-corrected chi connectivity index (χ2v) is 8.98. The van der Waals surface area contributed by atoms with E-state index in [1.807, 2.05) is 0 Å². The predicted octanol–water partition coefficient (Wildman–Crippen LogP) is 3.47. The first-order valence-electron chi connectivity index (χ1n) is 6.94. The van der Waals surface area contributed by atoms with Crippen LogP contribution in [0.5, 0.6) is 11.5 Å². The highest BCUT2D eigenvalue weighted by atomic mass is 79.9. The summed E-state index contributed by atoms with van der Waals surface area (Å²) >= 11 is 9.98. The van der Waals surface area contributed by atoms with E-state index in [1.165, 1.54) is 0 Å². The van der Waals surface area contributed by atoms with Crippen LogP contribution in [0.15, 0.2) is 16.6 Å². The molecule has 116 valence electrons. The monoisotopic (exact) mass is 394 g/mol. The van der Waals surface area contributed by atoms with Gasteiger partial charge < -0.3 is 9.47 Å². The molecule has 1 aromatic carbocycles. The number of rotatable bonds is 2. The van der Waals surface area contributed by atoms with E-state index in [1.54, 1.807) is 12.1 Å². The fourth-order valence-electron chi connectivity index (χ4n) is 2.80. The van der Waals surface area contributed by atoms with Crippen LogP contribution in [0.1, 0.15) is 30.2 Å². The van der Waals surface area contributed by atoms with Crippen molar-refractivity contribution in [2.75, 3.05) is 19.0 Å². The largest absolute Gasteiger partial charge is 0.486 e. The summed E-state index contributed by atoms with van der Waals surface area (Å²) < 4.78 is 36.3. The summed E-state index contributed by atoms with van der Waals surface area (Å²) in [6.07, 6.45) is 2.23. The molecule has 2 atom stereocenters. The van der Waals surface area contributed by atoms with Gasteiger partial charge >= 0.3 is 0 Å². The van der Waals surface area contributed by atoms with E-state index in [4.69, 9.17) is 21.1 Å². The molecule has 0 spiro atoms. The van der Waals surface area contributed by atoms with E-state index in [2.05, 4.69) is 15.9 Å². The van der Waals surface area contributed by atoms with E-state index < -0.39 is 20.5 Å². The van der Waals surface area contributed by atoms with Gasteiger partial charge in [0.25, 0.3) is 0 Å². The van der Waals surface area contributed by atoms with Gasteiger partial charge in [-0.05, 0) is 30.5 Å². The van der Waals surface area contributed by atoms with Crippen molar-refractivity contribution in [3.63, 3.8) is 0 Å². The number of hydrogen-bond acceptors (Lipinski definition) is 4. The highest BCUT2D eigenvalue weighted by Crippen LogP contribution is 2.43. The van der Waals surface area contributed by atoms with Gasteiger partial charge in [0.05, 0.1) is 16.4 Å². The Hall–Kier alpha value is -0.460. The minimum absolute atomic E-state index is 0.225. The van der Waals surface area contributed by atoms with Gasteiger partial charge in [0.2, 0.25) is 0 Å². The molecular formula is C14H16BrClO4S. The first kappa shape index (κ1) is 15.4. The molecule has 2 aliphatic heterocycles. The maximum atomic E-state index is 12.2. The van der Waals surface area contributed by atoms with Crippen molar-refractivity contribution in [3.8, 4) is 11.5 Å². The van der Waals surface area contributed by atoms with Crippen LogP contribution in [0.25, 0.3) is 0 Å². The van der Waals surface area contributed by atoms with Crippen molar-refractivity contribution >= 4 is 37.4 Å². The minimum Gasteiger partial charge on any atom is -0.486 e. The van der Waals surface area contributed by atoms with Crippen LogP contribution in [0.2, 0.25) is 0 Å². The molecule has 0 aromatic heterocycles. The van der Waals surface area contributed by atoms with Crippen molar-refractivity contribution in [1.82, 2.24) is 0 Å². The van der Waals surface area contributed by atoms with Crippen molar-refractivity contribution in [1.29, 1.82) is 0 Å². The minimum atomic E-state index is -3.13. The Bertz CT molecular complexity index is 647.